The van der Waals surface area contributed by atoms with Crippen molar-refractivity contribution in [2.24, 2.45) is 12.0 Å². The summed E-state index contributed by atoms with van der Waals surface area (Å²) in [5, 5.41) is 10.5. The van der Waals surface area contributed by atoms with E-state index in [2.05, 4.69) is 30.7 Å². The number of anilines is 1. The van der Waals surface area contributed by atoms with Crippen LogP contribution in [-0.4, -0.2) is 46.9 Å². The lowest BCUT2D eigenvalue weighted by atomic mass is 10.2. The molecule has 0 aliphatic heterocycles. The van der Waals surface area contributed by atoms with Gasteiger partial charge in [-0.1, -0.05) is 6.07 Å². The Morgan fingerprint density at radius 2 is 2.00 bits per heavy atom. The van der Waals surface area contributed by atoms with Crippen LogP contribution in [0.15, 0.2) is 29.6 Å². The van der Waals surface area contributed by atoms with E-state index in [1.807, 2.05) is 38.2 Å². The summed E-state index contributed by atoms with van der Waals surface area (Å²) < 4.78 is 1.73. The summed E-state index contributed by atoms with van der Waals surface area (Å²) in [5.74, 6) is 2.49. The van der Waals surface area contributed by atoms with Crippen LogP contribution in [0.4, 0.5) is 5.82 Å². The molecule has 126 valence electrons. The quantitative estimate of drug-likeness (QED) is 0.414. The smallest absolute Gasteiger partial charge is 0.191 e. The third-order valence-electron chi connectivity index (χ3n) is 3.18. The van der Waals surface area contributed by atoms with E-state index in [4.69, 9.17) is 0 Å². The van der Waals surface area contributed by atoms with Gasteiger partial charge in [0.15, 0.2) is 5.96 Å². The van der Waals surface area contributed by atoms with E-state index in [0.29, 0.717) is 19.0 Å². The number of halogens is 1. The van der Waals surface area contributed by atoms with Gasteiger partial charge >= 0.3 is 0 Å². The van der Waals surface area contributed by atoms with Gasteiger partial charge in [-0.15, -0.1) is 24.0 Å². The van der Waals surface area contributed by atoms with Gasteiger partial charge < -0.3 is 15.5 Å². The Labute approximate surface area is 153 Å². The third-order valence-corrected chi connectivity index (χ3v) is 3.18. The SMILES string of the molecule is CN=C(NCc1cccnc1N(C)C)NCc1ncnn1C.I. The topological polar surface area (TPSA) is 83.3 Å². The molecule has 2 aromatic rings. The van der Waals surface area contributed by atoms with E-state index >= 15 is 0 Å². The fraction of sp³-hybridized carbons (Fsp3) is 0.429. The summed E-state index contributed by atoms with van der Waals surface area (Å²) in [7, 11) is 7.56. The molecule has 0 saturated heterocycles. The maximum absolute atomic E-state index is 4.38. The molecule has 2 rings (SSSR count). The molecular formula is C14H23IN8. The number of aryl methyl sites for hydroxylation is 1. The molecule has 2 aromatic heterocycles. The van der Waals surface area contributed by atoms with Gasteiger partial charge in [0.25, 0.3) is 0 Å². The molecule has 0 aromatic carbocycles. The first-order chi connectivity index (χ1) is 10.6. The van der Waals surface area contributed by atoms with Gasteiger partial charge in [-0.05, 0) is 6.07 Å². The van der Waals surface area contributed by atoms with Crippen molar-refractivity contribution in [3.8, 4) is 0 Å². The monoisotopic (exact) mass is 430 g/mol. The van der Waals surface area contributed by atoms with Crippen LogP contribution >= 0.6 is 24.0 Å². The fourth-order valence-corrected chi connectivity index (χ4v) is 2.01. The zero-order valence-electron chi connectivity index (χ0n) is 13.8. The van der Waals surface area contributed by atoms with Gasteiger partial charge in [0.1, 0.15) is 18.0 Å². The molecule has 0 saturated carbocycles. The molecule has 8 nitrogen and oxygen atoms in total. The van der Waals surface area contributed by atoms with Crippen molar-refractivity contribution >= 4 is 35.8 Å². The van der Waals surface area contributed by atoms with Crippen molar-refractivity contribution in [2.45, 2.75) is 13.1 Å². The third kappa shape index (κ3) is 5.34. The fourth-order valence-electron chi connectivity index (χ4n) is 2.01. The van der Waals surface area contributed by atoms with Gasteiger partial charge in [-0.3, -0.25) is 9.67 Å². The largest absolute Gasteiger partial charge is 0.362 e. The summed E-state index contributed by atoms with van der Waals surface area (Å²) in [4.78, 5) is 14.8. The average Bonchev–Trinajstić information content (AvgIpc) is 2.93. The molecule has 0 bridgehead atoms. The van der Waals surface area contributed by atoms with Crippen LogP contribution in [0.3, 0.4) is 0 Å². The normalized spacial score (nSPS) is 10.9. The van der Waals surface area contributed by atoms with Gasteiger partial charge in [0, 0.05) is 46.5 Å². The highest BCUT2D eigenvalue weighted by Gasteiger charge is 2.07. The standard InChI is InChI=1S/C14H22N8.HI/c1-15-14(18-9-12-19-10-20-22(12)4)17-8-11-6-5-7-16-13(11)21(2)3;/h5-7,10H,8-9H2,1-4H3,(H2,15,17,18);1H. The molecule has 23 heavy (non-hydrogen) atoms. The van der Waals surface area contributed by atoms with Crippen molar-refractivity contribution in [1.29, 1.82) is 0 Å². The van der Waals surface area contributed by atoms with Crippen LogP contribution < -0.4 is 15.5 Å². The first-order valence-corrected chi connectivity index (χ1v) is 7.00. The molecule has 0 radical (unpaired) electrons. The van der Waals surface area contributed by atoms with E-state index < -0.39 is 0 Å². The Balaban J connectivity index is 0.00000264. The lowest BCUT2D eigenvalue weighted by molar-refractivity contribution is 0.672. The van der Waals surface area contributed by atoms with Crippen molar-refractivity contribution in [2.75, 3.05) is 26.0 Å². The van der Waals surface area contributed by atoms with Gasteiger partial charge in [0.2, 0.25) is 0 Å². The Hall–Kier alpha value is -1.91. The van der Waals surface area contributed by atoms with Crippen molar-refractivity contribution in [3.63, 3.8) is 0 Å². The highest BCUT2D eigenvalue weighted by Crippen LogP contribution is 2.13. The van der Waals surface area contributed by atoms with Crippen molar-refractivity contribution < 1.29 is 0 Å². The molecule has 0 spiro atoms. The Kier molecular flexibility index (Phi) is 7.72. The van der Waals surface area contributed by atoms with E-state index in [9.17, 15) is 0 Å². The van der Waals surface area contributed by atoms with E-state index in [1.54, 1.807) is 17.9 Å². The van der Waals surface area contributed by atoms with E-state index in [-0.39, 0.29) is 24.0 Å². The minimum Gasteiger partial charge on any atom is -0.362 e. The predicted octanol–water partition coefficient (Wildman–Crippen LogP) is 0.759. The zero-order chi connectivity index (χ0) is 15.9. The minimum absolute atomic E-state index is 0. The summed E-state index contributed by atoms with van der Waals surface area (Å²) in [6, 6.07) is 3.98. The van der Waals surface area contributed by atoms with Crippen LogP contribution in [0.5, 0.6) is 0 Å². The number of rotatable bonds is 5. The van der Waals surface area contributed by atoms with Gasteiger partial charge in [-0.2, -0.15) is 5.10 Å². The highest BCUT2D eigenvalue weighted by atomic mass is 127. The first-order valence-electron chi connectivity index (χ1n) is 7.00. The summed E-state index contributed by atoms with van der Waals surface area (Å²) >= 11 is 0. The van der Waals surface area contributed by atoms with Gasteiger partial charge in [0.05, 0.1) is 6.54 Å². The van der Waals surface area contributed by atoms with Crippen LogP contribution in [0, 0.1) is 0 Å². The molecular weight excluding hydrogens is 407 g/mol. The second-order valence-electron chi connectivity index (χ2n) is 4.96. The van der Waals surface area contributed by atoms with E-state index in [0.717, 1.165) is 17.2 Å². The molecule has 0 fully saturated rings. The Morgan fingerprint density at radius 3 is 2.61 bits per heavy atom. The van der Waals surface area contributed by atoms with Crippen molar-refractivity contribution in [3.05, 3.63) is 36.0 Å². The molecule has 0 unspecified atom stereocenters. The lowest BCUT2D eigenvalue weighted by Gasteiger charge is -2.17. The average molecular weight is 430 g/mol. The number of nitrogens with one attached hydrogen (secondary N) is 2. The van der Waals surface area contributed by atoms with Crippen LogP contribution in [0.1, 0.15) is 11.4 Å². The van der Waals surface area contributed by atoms with Gasteiger partial charge in [-0.25, -0.2) is 9.97 Å². The second kappa shape index (κ2) is 9.28. The lowest BCUT2D eigenvalue weighted by Crippen LogP contribution is -2.37. The van der Waals surface area contributed by atoms with Crippen molar-refractivity contribution in [1.82, 2.24) is 30.4 Å². The summed E-state index contributed by atoms with van der Waals surface area (Å²) in [6.45, 7) is 1.20. The molecule has 0 aliphatic rings. The first kappa shape index (κ1) is 19.1. The molecule has 9 heteroatoms. The molecule has 0 aliphatic carbocycles. The molecule has 0 atom stereocenters. The number of aromatic nitrogens is 4. The summed E-state index contributed by atoms with van der Waals surface area (Å²) in [6.07, 6.45) is 3.33. The van der Waals surface area contributed by atoms with E-state index in [1.165, 1.54) is 6.33 Å². The number of hydrogen-bond acceptors (Lipinski definition) is 5. The van der Waals surface area contributed by atoms with Crippen LogP contribution in [0.25, 0.3) is 0 Å². The maximum Gasteiger partial charge on any atom is 0.191 e. The number of pyridine rings is 1. The molecule has 2 heterocycles. The number of guanidine groups is 1. The Bertz CT molecular complexity index is 637. The second-order valence-corrected chi connectivity index (χ2v) is 4.96. The Morgan fingerprint density at radius 1 is 1.26 bits per heavy atom. The maximum atomic E-state index is 4.38. The molecule has 2 N–H and O–H groups in total. The van der Waals surface area contributed by atoms with Crippen LogP contribution in [-0.2, 0) is 20.1 Å². The number of hydrogen-bond donors (Lipinski definition) is 2. The summed E-state index contributed by atoms with van der Waals surface area (Å²) in [5.41, 5.74) is 1.11. The highest BCUT2D eigenvalue weighted by molar-refractivity contribution is 14.0. The molecule has 0 amide bonds. The van der Waals surface area contributed by atoms with Crippen LogP contribution in [0.2, 0.25) is 0 Å². The number of aliphatic imine (C=N–C) groups is 1. The predicted molar refractivity (Wildman–Crippen MR) is 102 cm³/mol. The zero-order valence-corrected chi connectivity index (χ0v) is 16.1. The minimum atomic E-state index is 0. The number of nitrogens with zero attached hydrogens (tertiary/aromatic N) is 6.